The van der Waals surface area contributed by atoms with Crippen LogP contribution in [0, 0.1) is 0 Å². The van der Waals surface area contributed by atoms with Crippen LogP contribution in [0.2, 0.25) is 0 Å². The van der Waals surface area contributed by atoms with Gasteiger partial charge in [0.2, 0.25) is 0 Å². The zero-order valence-corrected chi connectivity index (χ0v) is 13.6. The number of hydrogen-bond donors (Lipinski definition) is 3. The van der Waals surface area contributed by atoms with E-state index in [9.17, 15) is 8.42 Å². The average molecular weight is 330 g/mol. The highest BCUT2D eigenvalue weighted by atomic mass is 32.2. The zero-order chi connectivity index (χ0) is 15.5. The normalized spacial score (nSPS) is 13.7. The summed E-state index contributed by atoms with van der Waals surface area (Å²) < 4.78 is 27.4. The lowest BCUT2D eigenvalue weighted by molar-refractivity contribution is 0.562. The summed E-state index contributed by atoms with van der Waals surface area (Å²) in [6.07, 6.45) is 0. The maximum atomic E-state index is 12.3. The van der Waals surface area contributed by atoms with Crippen molar-refractivity contribution in [2.75, 3.05) is 0 Å². The summed E-state index contributed by atoms with van der Waals surface area (Å²) in [6, 6.07) is 3.22. The van der Waals surface area contributed by atoms with Crippen molar-refractivity contribution in [3.05, 3.63) is 22.8 Å². The molecule has 2 heterocycles. The van der Waals surface area contributed by atoms with Crippen LogP contribution >= 0.6 is 11.3 Å². The van der Waals surface area contributed by atoms with E-state index in [1.54, 1.807) is 13.0 Å². The maximum Gasteiger partial charge on any atom is 0.250 e. The lowest BCUT2D eigenvalue weighted by Gasteiger charge is -2.09. The molecular formula is C11H18N6O2S2. The Hall–Kier alpha value is -1.36. The molecule has 0 aliphatic rings. The predicted octanol–water partition coefficient (Wildman–Crippen LogP) is 0.799. The number of sulfonamides is 1. The fourth-order valence-corrected chi connectivity index (χ4v) is 4.12. The summed E-state index contributed by atoms with van der Waals surface area (Å²) in [5.74, 6) is 0.303. The van der Waals surface area contributed by atoms with Crippen molar-refractivity contribution >= 4 is 21.4 Å². The van der Waals surface area contributed by atoms with E-state index < -0.39 is 16.1 Å². The van der Waals surface area contributed by atoms with Crippen molar-refractivity contribution in [2.24, 2.45) is 0 Å². The standard InChI is InChI=1S/C11H18N6O2S2/c1-7(2)12-6-9-4-5-10(20-9)21(18,19)15-8(3)11-13-16-17-14-11/h4-5,7-8,12,15H,6H2,1-3H3,(H,13,14,16,17). The van der Waals surface area contributed by atoms with Crippen molar-refractivity contribution in [2.45, 2.75) is 43.6 Å². The Kier molecular flexibility index (Phi) is 5.04. The van der Waals surface area contributed by atoms with Gasteiger partial charge in [-0.25, -0.2) is 8.42 Å². The van der Waals surface area contributed by atoms with E-state index in [0.717, 1.165) is 4.88 Å². The summed E-state index contributed by atoms with van der Waals surface area (Å²) in [5, 5.41) is 16.5. The summed E-state index contributed by atoms with van der Waals surface area (Å²) in [5.41, 5.74) is 0. The number of tetrazole rings is 1. The Morgan fingerprint density at radius 1 is 1.33 bits per heavy atom. The maximum absolute atomic E-state index is 12.3. The zero-order valence-electron chi connectivity index (χ0n) is 12.0. The minimum Gasteiger partial charge on any atom is -0.310 e. The summed E-state index contributed by atoms with van der Waals surface area (Å²) >= 11 is 1.24. The third kappa shape index (κ3) is 4.30. The molecule has 2 aromatic heterocycles. The van der Waals surface area contributed by atoms with E-state index in [-0.39, 0.29) is 4.21 Å². The van der Waals surface area contributed by atoms with Crippen LogP contribution in [0.4, 0.5) is 0 Å². The molecule has 0 aromatic carbocycles. The molecule has 0 radical (unpaired) electrons. The van der Waals surface area contributed by atoms with Gasteiger partial charge >= 0.3 is 0 Å². The Bertz CT molecular complexity index is 665. The molecule has 0 saturated carbocycles. The van der Waals surface area contributed by atoms with Gasteiger partial charge in [0.05, 0.1) is 6.04 Å². The van der Waals surface area contributed by atoms with Crippen LogP contribution in [0.1, 0.15) is 37.5 Å². The molecule has 0 aliphatic carbocycles. The third-order valence-corrected chi connectivity index (χ3v) is 5.79. The highest BCUT2D eigenvalue weighted by Gasteiger charge is 2.22. The second kappa shape index (κ2) is 6.60. The van der Waals surface area contributed by atoms with Gasteiger partial charge in [-0.1, -0.05) is 19.1 Å². The molecule has 1 unspecified atom stereocenters. The average Bonchev–Trinajstić information content (AvgIpc) is 3.07. The second-order valence-electron chi connectivity index (χ2n) is 4.87. The number of rotatable bonds is 7. The number of aromatic nitrogens is 4. The van der Waals surface area contributed by atoms with Crippen LogP contribution < -0.4 is 10.0 Å². The summed E-state index contributed by atoms with van der Waals surface area (Å²) in [6.45, 7) is 6.40. The minimum atomic E-state index is -3.58. The first kappa shape index (κ1) is 16.0. The largest absolute Gasteiger partial charge is 0.310 e. The fourth-order valence-electron chi connectivity index (χ4n) is 1.60. The van der Waals surface area contributed by atoms with Gasteiger partial charge < -0.3 is 5.32 Å². The quantitative estimate of drug-likeness (QED) is 0.692. The van der Waals surface area contributed by atoms with Crippen LogP contribution in [0.25, 0.3) is 0 Å². The van der Waals surface area contributed by atoms with E-state index in [0.29, 0.717) is 18.4 Å². The van der Waals surface area contributed by atoms with E-state index in [1.165, 1.54) is 11.3 Å². The van der Waals surface area contributed by atoms with E-state index in [1.807, 2.05) is 19.9 Å². The molecule has 1 atom stereocenters. The number of aromatic amines is 1. The predicted molar refractivity (Wildman–Crippen MR) is 79.2 cm³/mol. The van der Waals surface area contributed by atoms with Gasteiger partial charge in [0.15, 0.2) is 5.82 Å². The summed E-state index contributed by atoms with van der Waals surface area (Å²) in [7, 11) is -3.58. The van der Waals surface area contributed by atoms with Crippen LogP contribution in [0.15, 0.2) is 16.3 Å². The molecule has 0 spiro atoms. The van der Waals surface area contributed by atoms with Gasteiger partial charge in [-0.15, -0.1) is 21.5 Å². The molecule has 2 rings (SSSR count). The minimum absolute atomic E-state index is 0.276. The number of thiophene rings is 1. The molecule has 0 aliphatic heterocycles. The van der Waals surface area contributed by atoms with Gasteiger partial charge in [0.25, 0.3) is 10.0 Å². The first-order valence-corrected chi connectivity index (χ1v) is 8.76. The van der Waals surface area contributed by atoms with Crippen LogP contribution in [0.3, 0.4) is 0 Å². The van der Waals surface area contributed by atoms with Gasteiger partial charge in [0.1, 0.15) is 4.21 Å². The molecule has 10 heteroatoms. The van der Waals surface area contributed by atoms with Crippen LogP contribution in [-0.2, 0) is 16.6 Å². The number of nitrogens with one attached hydrogen (secondary N) is 3. The Morgan fingerprint density at radius 2 is 2.10 bits per heavy atom. The Morgan fingerprint density at radius 3 is 2.71 bits per heavy atom. The smallest absolute Gasteiger partial charge is 0.250 e. The van der Waals surface area contributed by atoms with Crippen LogP contribution in [-0.4, -0.2) is 35.1 Å². The molecule has 0 fully saturated rings. The third-order valence-electron chi connectivity index (χ3n) is 2.67. The Balaban J connectivity index is 2.05. The monoisotopic (exact) mass is 330 g/mol. The molecule has 2 aromatic rings. The van der Waals surface area contributed by atoms with Crippen molar-refractivity contribution < 1.29 is 8.42 Å². The molecule has 21 heavy (non-hydrogen) atoms. The molecular weight excluding hydrogens is 312 g/mol. The van der Waals surface area contributed by atoms with E-state index in [4.69, 9.17) is 0 Å². The van der Waals surface area contributed by atoms with Crippen molar-refractivity contribution in [1.29, 1.82) is 0 Å². The number of nitrogens with zero attached hydrogens (tertiary/aromatic N) is 3. The second-order valence-corrected chi connectivity index (χ2v) is 7.98. The number of hydrogen-bond acceptors (Lipinski definition) is 7. The summed E-state index contributed by atoms with van der Waals surface area (Å²) in [4.78, 5) is 0.969. The van der Waals surface area contributed by atoms with E-state index >= 15 is 0 Å². The van der Waals surface area contributed by atoms with Gasteiger partial charge in [-0.3, -0.25) is 0 Å². The molecule has 0 bridgehead atoms. The van der Waals surface area contributed by atoms with Gasteiger partial charge in [-0.2, -0.15) is 9.94 Å². The first-order chi connectivity index (χ1) is 9.88. The highest BCUT2D eigenvalue weighted by molar-refractivity contribution is 7.91. The molecule has 3 N–H and O–H groups in total. The molecule has 116 valence electrons. The first-order valence-electron chi connectivity index (χ1n) is 6.46. The van der Waals surface area contributed by atoms with Crippen LogP contribution in [0.5, 0.6) is 0 Å². The molecule has 8 nitrogen and oxygen atoms in total. The van der Waals surface area contributed by atoms with E-state index in [2.05, 4.69) is 30.7 Å². The van der Waals surface area contributed by atoms with Crippen molar-refractivity contribution in [3.63, 3.8) is 0 Å². The molecule has 0 amide bonds. The SMILES string of the molecule is CC(C)NCc1ccc(S(=O)(=O)NC(C)c2nn[nH]n2)s1. The highest BCUT2D eigenvalue weighted by Crippen LogP contribution is 2.23. The topological polar surface area (TPSA) is 113 Å². The lowest BCUT2D eigenvalue weighted by Crippen LogP contribution is -2.27. The Labute approximate surface area is 127 Å². The number of H-pyrrole nitrogens is 1. The lowest BCUT2D eigenvalue weighted by atomic mass is 10.4. The van der Waals surface area contributed by atoms with Gasteiger partial charge in [-0.05, 0) is 19.1 Å². The van der Waals surface area contributed by atoms with Crippen molar-refractivity contribution in [3.8, 4) is 0 Å². The molecule has 0 saturated heterocycles. The van der Waals surface area contributed by atoms with Crippen molar-refractivity contribution in [1.82, 2.24) is 30.7 Å². The fraction of sp³-hybridized carbons (Fsp3) is 0.545. The van der Waals surface area contributed by atoms with Gasteiger partial charge in [0, 0.05) is 17.5 Å².